The molecule has 2 heterocycles. The Bertz CT molecular complexity index is 442. The summed E-state index contributed by atoms with van der Waals surface area (Å²) < 4.78 is 10.7. The molecule has 94 valence electrons. The van der Waals surface area contributed by atoms with Crippen molar-refractivity contribution in [2.24, 2.45) is 0 Å². The van der Waals surface area contributed by atoms with Gasteiger partial charge in [-0.2, -0.15) is 0 Å². The number of fused-ring (bicyclic) bond motifs is 1. The van der Waals surface area contributed by atoms with E-state index in [1.807, 2.05) is 6.92 Å². The van der Waals surface area contributed by atoms with Crippen molar-refractivity contribution in [3.05, 3.63) is 27.6 Å². The SMILES string of the molecule is CCCCc1cc(=O)oc2c1C(OCC)NN2. The zero-order valence-corrected chi connectivity index (χ0v) is 10.2. The number of aryl methyl sites for hydroxylation is 1. The first-order valence-electron chi connectivity index (χ1n) is 6.06. The lowest BCUT2D eigenvalue weighted by Crippen LogP contribution is -2.21. The highest BCUT2D eigenvalue weighted by Crippen LogP contribution is 2.31. The smallest absolute Gasteiger partial charge is 0.337 e. The van der Waals surface area contributed by atoms with Crippen LogP contribution in [0.1, 0.15) is 44.0 Å². The number of ether oxygens (including phenoxy) is 1. The number of unbranched alkanes of at least 4 members (excludes halogenated alkanes) is 1. The number of anilines is 1. The van der Waals surface area contributed by atoms with Gasteiger partial charge in [0.1, 0.15) is 0 Å². The first-order chi connectivity index (χ1) is 8.26. The first-order valence-corrected chi connectivity index (χ1v) is 6.06. The average molecular weight is 238 g/mol. The van der Waals surface area contributed by atoms with E-state index in [1.165, 1.54) is 0 Å². The Morgan fingerprint density at radius 1 is 1.47 bits per heavy atom. The molecule has 0 bridgehead atoms. The van der Waals surface area contributed by atoms with E-state index in [0.29, 0.717) is 12.5 Å². The van der Waals surface area contributed by atoms with Gasteiger partial charge in [-0.05, 0) is 25.3 Å². The number of nitrogens with one attached hydrogen (secondary N) is 2. The van der Waals surface area contributed by atoms with E-state index in [2.05, 4.69) is 17.8 Å². The summed E-state index contributed by atoms with van der Waals surface area (Å²) in [5.41, 5.74) is 7.43. The summed E-state index contributed by atoms with van der Waals surface area (Å²) in [6, 6.07) is 1.56. The van der Waals surface area contributed by atoms with Crippen LogP contribution >= 0.6 is 0 Å². The van der Waals surface area contributed by atoms with Gasteiger partial charge in [0.2, 0.25) is 5.88 Å². The summed E-state index contributed by atoms with van der Waals surface area (Å²) in [7, 11) is 0. The van der Waals surface area contributed by atoms with E-state index in [0.717, 1.165) is 30.4 Å². The standard InChI is InChI=1S/C12H18N2O3/c1-3-5-6-8-7-9(15)17-12-10(8)11(13-14-12)16-4-2/h7,11,13-14H,3-6H2,1-2H3. The summed E-state index contributed by atoms with van der Waals surface area (Å²) >= 11 is 0. The minimum atomic E-state index is -0.318. The Morgan fingerprint density at radius 3 is 3.00 bits per heavy atom. The maximum Gasteiger partial charge on any atom is 0.337 e. The van der Waals surface area contributed by atoms with Gasteiger partial charge in [0.25, 0.3) is 0 Å². The van der Waals surface area contributed by atoms with Crippen LogP contribution in [0.15, 0.2) is 15.3 Å². The second-order valence-electron chi connectivity index (χ2n) is 4.04. The lowest BCUT2D eigenvalue weighted by Gasteiger charge is -2.13. The Hall–Kier alpha value is -1.33. The van der Waals surface area contributed by atoms with Gasteiger partial charge < -0.3 is 9.15 Å². The summed E-state index contributed by atoms with van der Waals surface area (Å²) in [6.45, 7) is 4.66. The molecule has 0 aliphatic carbocycles. The monoisotopic (exact) mass is 238 g/mol. The minimum Gasteiger partial charge on any atom is -0.405 e. The second-order valence-corrected chi connectivity index (χ2v) is 4.04. The largest absolute Gasteiger partial charge is 0.405 e. The van der Waals surface area contributed by atoms with Crippen LogP contribution in [0, 0.1) is 0 Å². The Kier molecular flexibility index (Phi) is 3.81. The van der Waals surface area contributed by atoms with Gasteiger partial charge in [-0.3, -0.25) is 5.43 Å². The van der Waals surface area contributed by atoms with E-state index in [4.69, 9.17) is 9.15 Å². The molecule has 2 N–H and O–H groups in total. The van der Waals surface area contributed by atoms with Crippen molar-refractivity contribution in [3.63, 3.8) is 0 Å². The molecule has 0 saturated heterocycles. The van der Waals surface area contributed by atoms with Crippen molar-refractivity contribution >= 4 is 5.88 Å². The molecule has 1 aromatic heterocycles. The van der Waals surface area contributed by atoms with Crippen LogP contribution in [0.4, 0.5) is 5.88 Å². The third-order valence-corrected chi connectivity index (χ3v) is 2.80. The fourth-order valence-corrected chi connectivity index (χ4v) is 2.00. The predicted octanol–water partition coefficient (Wildman–Crippen LogP) is 1.95. The molecule has 0 fully saturated rings. The number of hydrazine groups is 1. The maximum atomic E-state index is 11.4. The van der Waals surface area contributed by atoms with Crippen molar-refractivity contribution in [2.45, 2.75) is 39.3 Å². The predicted molar refractivity (Wildman–Crippen MR) is 64.7 cm³/mol. The quantitative estimate of drug-likeness (QED) is 0.820. The van der Waals surface area contributed by atoms with Crippen LogP contribution in [0.3, 0.4) is 0 Å². The lowest BCUT2D eigenvalue weighted by atomic mass is 10.0. The molecule has 0 aromatic carbocycles. The first kappa shape index (κ1) is 12.1. The average Bonchev–Trinajstić information content (AvgIpc) is 2.69. The van der Waals surface area contributed by atoms with Crippen LogP contribution < -0.4 is 16.5 Å². The van der Waals surface area contributed by atoms with Gasteiger partial charge in [0.15, 0.2) is 6.23 Å². The zero-order valence-electron chi connectivity index (χ0n) is 10.2. The number of hydrogen-bond acceptors (Lipinski definition) is 5. The molecule has 0 spiro atoms. The highest BCUT2D eigenvalue weighted by molar-refractivity contribution is 5.50. The van der Waals surface area contributed by atoms with Crippen LogP contribution in [0.25, 0.3) is 0 Å². The molecule has 0 amide bonds. The van der Waals surface area contributed by atoms with Crippen molar-refractivity contribution in [1.82, 2.24) is 5.43 Å². The van der Waals surface area contributed by atoms with Gasteiger partial charge in [-0.15, -0.1) is 0 Å². The van der Waals surface area contributed by atoms with Crippen LogP contribution in [0.2, 0.25) is 0 Å². The van der Waals surface area contributed by atoms with E-state index < -0.39 is 0 Å². The summed E-state index contributed by atoms with van der Waals surface area (Å²) in [6.07, 6.45) is 2.78. The van der Waals surface area contributed by atoms with E-state index in [9.17, 15) is 4.79 Å². The molecule has 1 unspecified atom stereocenters. The van der Waals surface area contributed by atoms with Gasteiger partial charge in [0, 0.05) is 12.7 Å². The van der Waals surface area contributed by atoms with Crippen molar-refractivity contribution in [1.29, 1.82) is 0 Å². The summed E-state index contributed by atoms with van der Waals surface area (Å²) in [5, 5.41) is 0. The summed E-state index contributed by atoms with van der Waals surface area (Å²) in [5.74, 6) is 0.488. The Labute approximate surface area is 100 Å². The van der Waals surface area contributed by atoms with Gasteiger partial charge in [-0.1, -0.05) is 13.3 Å². The molecule has 0 saturated carbocycles. The minimum absolute atomic E-state index is 0.230. The number of hydrogen-bond donors (Lipinski definition) is 2. The number of rotatable bonds is 5. The molecular weight excluding hydrogens is 220 g/mol. The van der Waals surface area contributed by atoms with Gasteiger partial charge >= 0.3 is 5.63 Å². The fraction of sp³-hybridized carbons (Fsp3) is 0.583. The topological polar surface area (TPSA) is 63.5 Å². The molecular formula is C12H18N2O3. The molecule has 0 radical (unpaired) electrons. The van der Waals surface area contributed by atoms with Crippen LogP contribution in [-0.2, 0) is 11.2 Å². The van der Waals surface area contributed by atoms with Crippen LogP contribution in [0.5, 0.6) is 0 Å². The van der Waals surface area contributed by atoms with Crippen LogP contribution in [-0.4, -0.2) is 6.61 Å². The lowest BCUT2D eigenvalue weighted by molar-refractivity contribution is 0.0488. The van der Waals surface area contributed by atoms with E-state index >= 15 is 0 Å². The van der Waals surface area contributed by atoms with Gasteiger partial charge in [-0.25, -0.2) is 10.2 Å². The molecule has 17 heavy (non-hydrogen) atoms. The molecule has 5 nitrogen and oxygen atoms in total. The third-order valence-electron chi connectivity index (χ3n) is 2.80. The van der Waals surface area contributed by atoms with E-state index in [-0.39, 0.29) is 11.9 Å². The normalized spacial score (nSPS) is 17.9. The maximum absolute atomic E-state index is 11.4. The molecule has 2 rings (SSSR count). The van der Waals surface area contributed by atoms with Gasteiger partial charge in [0.05, 0.1) is 5.56 Å². The van der Waals surface area contributed by atoms with Crippen molar-refractivity contribution in [2.75, 3.05) is 12.0 Å². The molecule has 1 aliphatic rings. The van der Waals surface area contributed by atoms with E-state index in [1.54, 1.807) is 6.07 Å². The highest BCUT2D eigenvalue weighted by atomic mass is 16.5. The van der Waals surface area contributed by atoms with Crippen molar-refractivity contribution in [3.8, 4) is 0 Å². The highest BCUT2D eigenvalue weighted by Gasteiger charge is 2.27. The Balaban J connectivity index is 2.34. The molecule has 1 atom stereocenters. The third kappa shape index (κ3) is 2.50. The summed E-state index contributed by atoms with van der Waals surface area (Å²) in [4.78, 5) is 11.4. The fourth-order valence-electron chi connectivity index (χ4n) is 2.00. The molecule has 5 heteroatoms. The molecule has 1 aromatic rings. The van der Waals surface area contributed by atoms with Crippen molar-refractivity contribution < 1.29 is 9.15 Å². The molecule has 1 aliphatic heterocycles. The second kappa shape index (κ2) is 5.33. The zero-order chi connectivity index (χ0) is 12.3. The Morgan fingerprint density at radius 2 is 2.29 bits per heavy atom.